The second-order valence-corrected chi connectivity index (χ2v) is 4.84. The molecule has 0 aliphatic rings. The number of hydrogen-bond donors (Lipinski definition) is 1. The van der Waals surface area contributed by atoms with Crippen molar-refractivity contribution in [2.45, 2.75) is 13.0 Å². The summed E-state index contributed by atoms with van der Waals surface area (Å²) < 4.78 is 15.8. The van der Waals surface area contributed by atoms with Gasteiger partial charge in [0.1, 0.15) is 0 Å². The van der Waals surface area contributed by atoms with E-state index in [2.05, 4.69) is 20.7 Å². The van der Waals surface area contributed by atoms with Gasteiger partial charge in [-0.15, -0.1) is 0 Å². The van der Waals surface area contributed by atoms with Crippen molar-refractivity contribution in [3.8, 4) is 11.5 Å². The topological polar surface area (TPSA) is 82.1 Å². The Labute approximate surface area is 130 Å². The first-order chi connectivity index (χ1) is 9.88. The molecule has 0 spiro atoms. The number of rotatable bonds is 6. The largest absolute Gasteiger partial charge is 0.493 e. The van der Waals surface area contributed by atoms with Crippen molar-refractivity contribution in [3.63, 3.8) is 0 Å². The SMILES string of the molecule is COC(=O)C(C)Oc1c(Br)cc(C=CC(=O)O)cc1OC. The van der Waals surface area contributed by atoms with E-state index in [-0.39, 0.29) is 0 Å². The van der Waals surface area contributed by atoms with Crippen LogP contribution in [-0.4, -0.2) is 37.4 Å². The number of carboxylic acid groups (broad SMARTS) is 1. The molecule has 0 amide bonds. The number of halogens is 1. The quantitative estimate of drug-likeness (QED) is 0.621. The highest BCUT2D eigenvalue weighted by Crippen LogP contribution is 2.37. The fourth-order valence-electron chi connectivity index (χ4n) is 1.51. The lowest BCUT2D eigenvalue weighted by molar-refractivity contribution is -0.148. The molecule has 21 heavy (non-hydrogen) atoms. The minimum atomic E-state index is -1.05. The van der Waals surface area contributed by atoms with Gasteiger partial charge in [0.15, 0.2) is 17.6 Å². The maximum Gasteiger partial charge on any atom is 0.346 e. The maximum atomic E-state index is 11.4. The minimum absolute atomic E-state index is 0.336. The first-order valence-electron chi connectivity index (χ1n) is 5.92. The van der Waals surface area contributed by atoms with E-state index in [1.165, 1.54) is 20.3 Å². The highest BCUT2D eigenvalue weighted by Gasteiger charge is 2.19. The van der Waals surface area contributed by atoms with Crippen molar-refractivity contribution < 1.29 is 28.9 Å². The van der Waals surface area contributed by atoms with Gasteiger partial charge in [0.25, 0.3) is 0 Å². The zero-order valence-electron chi connectivity index (χ0n) is 11.8. The normalized spacial score (nSPS) is 12.0. The molecule has 114 valence electrons. The smallest absolute Gasteiger partial charge is 0.346 e. The summed E-state index contributed by atoms with van der Waals surface area (Å²) in [5.74, 6) is -0.864. The van der Waals surface area contributed by atoms with Gasteiger partial charge < -0.3 is 19.3 Å². The van der Waals surface area contributed by atoms with E-state index in [0.29, 0.717) is 21.5 Å². The van der Waals surface area contributed by atoms with Crippen LogP contribution in [0, 0.1) is 0 Å². The van der Waals surface area contributed by atoms with E-state index in [9.17, 15) is 9.59 Å². The van der Waals surface area contributed by atoms with Crippen LogP contribution in [0.25, 0.3) is 6.08 Å². The number of benzene rings is 1. The first-order valence-corrected chi connectivity index (χ1v) is 6.71. The maximum absolute atomic E-state index is 11.4. The number of methoxy groups -OCH3 is 2. The summed E-state index contributed by atoms with van der Waals surface area (Å²) in [7, 11) is 2.72. The molecular weight excluding hydrogens is 344 g/mol. The minimum Gasteiger partial charge on any atom is -0.493 e. The number of carbonyl (C=O) groups excluding carboxylic acids is 1. The van der Waals surface area contributed by atoms with Crippen molar-refractivity contribution in [3.05, 3.63) is 28.2 Å². The zero-order valence-corrected chi connectivity index (χ0v) is 13.3. The van der Waals surface area contributed by atoms with Crippen LogP contribution in [0.1, 0.15) is 12.5 Å². The Morgan fingerprint density at radius 2 is 2.00 bits per heavy atom. The number of aliphatic carboxylic acids is 1. The van der Waals surface area contributed by atoms with Crippen LogP contribution < -0.4 is 9.47 Å². The molecule has 1 unspecified atom stereocenters. The Hall–Kier alpha value is -2.02. The predicted octanol–water partition coefficient (Wildman–Crippen LogP) is 2.50. The Kier molecular flexibility index (Phi) is 6.23. The van der Waals surface area contributed by atoms with Crippen LogP contribution in [0.3, 0.4) is 0 Å². The molecule has 0 radical (unpaired) electrons. The van der Waals surface area contributed by atoms with Crippen LogP contribution >= 0.6 is 15.9 Å². The molecule has 0 aromatic heterocycles. The molecule has 1 atom stereocenters. The molecular formula is C14H15BrO6. The second-order valence-electron chi connectivity index (χ2n) is 3.99. The molecule has 0 bridgehead atoms. The lowest BCUT2D eigenvalue weighted by Gasteiger charge is -2.17. The Morgan fingerprint density at radius 1 is 1.33 bits per heavy atom. The average Bonchev–Trinajstić information content (AvgIpc) is 2.46. The first kappa shape index (κ1) is 17.0. The van der Waals surface area contributed by atoms with E-state index < -0.39 is 18.0 Å². The van der Waals surface area contributed by atoms with E-state index >= 15 is 0 Å². The predicted molar refractivity (Wildman–Crippen MR) is 79.5 cm³/mol. The third-order valence-electron chi connectivity index (χ3n) is 2.50. The summed E-state index contributed by atoms with van der Waals surface area (Å²) in [6.07, 6.45) is 1.63. The number of esters is 1. The van der Waals surface area contributed by atoms with Crippen LogP contribution in [0.4, 0.5) is 0 Å². The molecule has 1 rings (SSSR count). The fourth-order valence-corrected chi connectivity index (χ4v) is 2.06. The molecule has 6 nitrogen and oxygen atoms in total. The van der Waals surface area contributed by atoms with Crippen molar-refractivity contribution in [2.24, 2.45) is 0 Å². The second kappa shape index (κ2) is 7.68. The van der Waals surface area contributed by atoms with Crippen LogP contribution in [-0.2, 0) is 14.3 Å². The fraction of sp³-hybridized carbons (Fsp3) is 0.286. The molecule has 0 saturated heterocycles. The van der Waals surface area contributed by atoms with Gasteiger partial charge in [-0.2, -0.15) is 0 Å². The number of carbonyl (C=O) groups is 2. The van der Waals surface area contributed by atoms with Gasteiger partial charge in [0, 0.05) is 6.08 Å². The van der Waals surface area contributed by atoms with Crippen molar-refractivity contribution >= 4 is 33.9 Å². The van der Waals surface area contributed by atoms with Crippen molar-refractivity contribution in [1.82, 2.24) is 0 Å². The van der Waals surface area contributed by atoms with Gasteiger partial charge in [-0.25, -0.2) is 9.59 Å². The van der Waals surface area contributed by atoms with Crippen LogP contribution in [0.5, 0.6) is 11.5 Å². The molecule has 0 heterocycles. The molecule has 0 aliphatic carbocycles. The zero-order chi connectivity index (χ0) is 16.0. The molecule has 0 saturated carbocycles. The van der Waals surface area contributed by atoms with Crippen molar-refractivity contribution in [1.29, 1.82) is 0 Å². The Bertz CT molecular complexity index is 567. The third-order valence-corrected chi connectivity index (χ3v) is 3.09. The Morgan fingerprint density at radius 3 is 2.52 bits per heavy atom. The summed E-state index contributed by atoms with van der Waals surface area (Å²) in [5.41, 5.74) is 0.610. The van der Waals surface area contributed by atoms with Crippen LogP contribution in [0.15, 0.2) is 22.7 Å². The van der Waals surface area contributed by atoms with E-state index in [1.54, 1.807) is 19.1 Å². The summed E-state index contributed by atoms with van der Waals surface area (Å²) in [5, 5.41) is 8.63. The third kappa shape index (κ3) is 4.78. The molecule has 7 heteroatoms. The molecule has 0 aliphatic heterocycles. The van der Waals surface area contributed by atoms with Gasteiger partial charge >= 0.3 is 11.9 Å². The lowest BCUT2D eigenvalue weighted by Crippen LogP contribution is -2.25. The Balaban J connectivity index is 3.10. The highest BCUT2D eigenvalue weighted by molar-refractivity contribution is 9.10. The summed E-state index contributed by atoms with van der Waals surface area (Å²) >= 11 is 3.31. The van der Waals surface area contributed by atoms with Gasteiger partial charge in [-0.1, -0.05) is 0 Å². The van der Waals surface area contributed by atoms with Crippen LogP contribution in [0.2, 0.25) is 0 Å². The molecule has 1 N–H and O–H groups in total. The summed E-state index contributed by atoms with van der Waals surface area (Å²) in [6, 6.07) is 3.25. The van der Waals surface area contributed by atoms with E-state index in [1.807, 2.05) is 0 Å². The molecule has 0 fully saturated rings. The lowest BCUT2D eigenvalue weighted by atomic mass is 10.2. The summed E-state index contributed by atoms with van der Waals surface area (Å²) in [6.45, 7) is 1.55. The van der Waals surface area contributed by atoms with Gasteiger partial charge in [0.05, 0.1) is 18.7 Å². The standard InChI is InChI=1S/C14H15BrO6/c1-8(14(18)20-3)21-13-10(15)6-9(4-5-12(16)17)7-11(13)19-2/h4-8H,1-3H3,(H,16,17). The number of ether oxygens (including phenoxy) is 3. The van der Waals surface area contributed by atoms with E-state index in [0.717, 1.165) is 6.08 Å². The van der Waals surface area contributed by atoms with E-state index in [4.69, 9.17) is 14.6 Å². The monoisotopic (exact) mass is 358 g/mol. The van der Waals surface area contributed by atoms with Gasteiger partial charge in [0.2, 0.25) is 0 Å². The molecule has 1 aromatic rings. The summed E-state index contributed by atoms with van der Waals surface area (Å²) in [4.78, 5) is 21.9. The average molecular weight is 359 g/mol. The number of hydrogen-bond acceptors (Lipinski definition) is 5. The van der Waals surface area contributed by atoms with Gasteiger partial charge in [-0.05, 0) is 46.6 Å². The number of carboxylic acids is 1. The van der Waals surface area contributed by atoms with Crippen molar-refractivity contribution in [2.75, 3.05) is 14.2 Å². The van der Waals surface area contributed by atoms with Gasteiger partial charge in [-0.3, -0.25) is 0 Å². The molecule has 1 aromatic carbocycles. The highest BCUT2D eigenvalue weighted by atomic mass is 79.9.